The number of azide groups is 1. The molecule has 0 unspecified atom stereocenters. The number of nitrogens with two attached hydrogens (primary N) is 1. The predicted octanol–water partition coefficient (Wildman–Crippen LogP) is -0.855. The maximum Gasteiger partial charge on any atom is 0.351 e. The lowest BCUT2D eigenvalue weighted by molar-refractivity contribution is -0.0486. The normalized spacial score (nSPS) is 32.9. The maximum atomic E-state index is 11.8. The highest BCUT2D eigenvalue weighted by Crippen LogP contribution is 2.40. The van der Waals surface area contributed by atoms with Crippen LogP contribution in [0.15, 0.2) is 22.2 Å². The molecule has 1 aliphatic heterocycles. The van der Waals surface area contributed by atoms with Crippen molar-refractivity contribution in [1.82, 2.24) is 9.55 Å². The van der Waals surface area contributed by atoms with Crippen molar-refractivity contribution < 1.29 is 14.9 Å². The van der Waals surface area contributed by atoms with E-state index in [-0.39, 0.29) is 5.82 Å². The lowest BCUT2D eigenvalue weighted by atomic mass is 9.93. The zero-order valence-corrected chi connectivity index (χ0v) is 10.6. The second-order valence-electron chi connectivity index (χ2n) is 4.61. The Bertz CT molecular complexity index is 612. The summed E-state index contributed by atoms with van der Waals surface area (Å²) >= 11 is 0. The Labute approximate surface area is 113 Å². The van der Waals surface area contributed by atoms with E-state index in [0.29, 0.717) is 0 Å². The van der Waals surface area contributed by atoms with Gasteiger partial charge < -0.3 is 20.7 Å². The number of hydrogen-bond donors (Lipinski definition) is 3. The zero-order chi connectivity index (χ0) is 14.9. The largest absolute Gasteiger partial charge is 0.394 e. The number of ether oxygens (including phenoxy) is 1. The monoisotopic (exact) mass is 282 g/mol. The zero-order valence-electron chi connectivity index (χ0n) is 10.6. The maximum absolute atomic E-state index is 11.8. The number of anilines is 1. The number of hydrogen-bond acceptors (Lipinski definition) is 7. The number of aliphatic hydroxyl groups is 2. The number of aromatic nitrogens is 2. The van der Waals surface area contributed by atoms with Gasteiger partial charge in [0.05, 0.1) is 12.7 Å². The van der Waals surface area contributed by atoms with Gasteiger partial charge in [-0.1, -0.05) is 5.11 Å². The summed E-state index contributed by atoms with van der Waals surface area (Å²) in [6.45, 7) is 0.950. The molecule has 0 spiro atoms. The summed E-state index contributed by atoms with van der Waals surface area (Å²) in [6.07, 6.45) is -2.00. The van der Waals surface area contributed by atoms with Crippen LogP contribution in [0.3, 0.4) is 0 Å². The molecule has 10 heteroatoms. The van der Waals surface area contributed by atoms with Crippen molar-refractivity contribution in [1.29, 1.82) is 0 Å². The molecule has 108 valence electrons. The second-order valence-corrected chi connectivity index (χ2v) is 4.61. The smallest absolute Gasteiger partial charge is 0.351 e. The Morgan fingerprint density at radius 2 is 2.45 bits per heavy atom. The minimum Gasteiger partial charge on any atom is -0.394 e. The molecule has 1 aliphatic rings. The molecule has 0 saturated carbocycles. The van der Waals surface area contributed by atoms with Gasteiger partial charge in [0.25, 0.3) is 0 Å². The van der Waals surface area contributed by atoms with Crippen molar-refractivity contribution in [2.45, 2.75) is 30.9 Å². The molecule has 1 aromatic rings. The summed E-state index contributed by atoms with van der Waals surface area (Å²) < 4.78 is 6.47. The summed E-state index contributed by atoms with van der Waals surface area (Å²) in [5, 5.41) is 22.8. The predicted molar refractivity (Wildman–Crippen MR) is 67.5 cm³/mol. The molecular weight excluding hydrogens is 268 g/mol. The van der Waals surface area contributed by atoms with Crippen LogP contribution < -0.4 is 11.4 Å². The van der Waals surface area contributed by atoms with Crippen molar-refractivity contribution in [3.63, 3.8) is 0 Å². The van der Waals surface area contributed by atoms with Crippen LogP contribution in [0.25, 0.3) is 10.4 Å². The highest BCUT2D eigenvalue weighted by atomic mass is 16.5. The quantitative estimate of drug-likeness (QED) is 0.371. The molecule has 4 atom stereocenters. The van der Waals surface area contributed by atoms with Crippen LogP contribution in [0.1, 0.15) is 13.2 Å². The van der Waals surface area contributed by atoms with Gasteiger partial charge in [-0.25, -0.2) is 4.79 Å². The molecule has 2 heterocycles. The van der Waals surface area contributed by atoms with Crippen LogP contribution >= 0.6 is 0 Å². The van der Waals surface area contributed by atoms with Gasteiger partial charge in [-0.2, -0.15) is 4.98 Å². The fourth-order valence-corrected chi connectivity index (χ4v) is 2.20. The van der Waals surface area contributed by atoms with Crippen molar-refractivity contribution in [3.05, 3.63) is 33.2 Å². The van der Waals surface area contributed by atoms with E-state index in [9.17, 15) is 15.0 Å². The van der Waals surface area contributed by atoms with E-state index in [2.05, 4.69) is 15.0 Å². The molecule has 10 nitrogen and oxygen atoms in total. The fourth-order valence-electron chi connectivity index (χ4n) is 2.20. The second kappa shape index (κ2) is 5.10. The van der Waals surface area contributed by atoms with Crippen molar-refractivity contribution in [2.75, 3.05) is 12.3 Å². The van der Waals surface area contributed by atoms with Gasteiger partial charge in [-0.05, 0) is 18.5 Å². The van der Waals surface area contributed by atoms with Gasteiger partial charge in [0.15, 0.2) is 6.23 Å². The van der Waals surface area contributed by atoms with Crippen molar-refractivity contribution >= 4 is 5.82 Å². The Balaban J connectivity index is 2.53. The number of nitrogens with zero attached hydrogens (tertiary/aromatic N) is 5. The summed E-state index contributed by atoms with van der Waals surface area (Å²) in [7, 11) is 0. The number of aliphatic hydroxyl groups excluding tert-OH is 2. The molecule has 20 heavy (non-hydrogen) atoms. The van der Waals surface area contributed by atoms with Gasteiger partial charge in [0.2, 0.25) is 0 Å². The van der Waals surface area contributed by atoms with Gasteiger partial charge >= 0.3 is 5.69 Å². The van der Waals surface area contributed by atoms with E-state index in [1.165, 1.54) is 19.2 Å². The van der Waals surface area contributed by atoms with Gasteiger partial charge in [0, 0.05) is 11.1 Å². The minimum absolute atomic E-state index is 0.0361. The molecule has 4 N–H and O–H groups in total. The Morgan fingerprint density at radius 1 is 1.75 bits per heavy atom. The van der Waals surface area contributed by atoms with E-state index in [0.717, 1.165) is 4.57 Å². The lowest BCUT2D eigenvalue weighted by Crippen LogP contribution is -2.44. The Morgan fingerprint density at radius 3 is 3.00 bits per heavy atom. The third-order valence-electron chi connectivity index (χ3n) is 3.30. The minimum atomic E-state index is -1.45. The summed E-state index contributed by atoms with van der Waals surface area (Å²) in [6, 6.07) is 1.37. The van der Waals surface area contributed by atoms with Gasteiger partial charge in [-0.15, -0.1) is 0 Å². The van der Waals surface area contributed by atoms with E-state index in [1.807, 2.05) is 0 Å². The average molecular weight is 282 g/mol. The summed E-state index contributed by atoms with van der Waals surface area (Å²) in [5.41, 5.74) is 11.9. The van der Waals surface area contributed by atoms with Crippen molar-refractivity contribution in [3.8, 4) is 0 Å². The van der Waals surface area contributed by atoms with Crippen molar-refractivity contribution in [2.24, 2.45) is 5.11 Å². The van der Waals surface area contributed by atoms with Crippen LogP contribution in [0.2, 0.25) is 0 Å². The first-order chi connectivity index (χ1) is 9.43. The summed E-state index contributed by atoms with van der Waals surface area (Å²) in [4.78, 5) is 18.1. The Kier molecular flexibility index (Phi) is 3.64. The van der Waals surface area contributed by atoms with E-state index >= 15 is 0 Å². The molecule has 1 fully saturated rings. The molecule has 1 saturated heterocycles. The third kappa shape index (κ3) is 2.10. The molecular formula is C10H14N6O4. The van der Waals surface area contributed by atoms with Crippen LogP contribution in [0, 0.1) is 0 Å². The van der Waals surface area contributed by atoms with Crippen LogP contribution in [0.5, 0.6) is 0 Å². The first kappa shape index (κ1) is 14.3. The molecule has 1 aromatic heterocycles. The standard InChI is InChI=1S/C10H14N6O4/c1-10(14-15-12)7(18)5(4-17)20-8(10)16-3-2-6(11)13-9(16)19/h2-3,5,7-8,17-18H,4H2,1H3,(H2,11,13,19)/t5-,7-,8-,10-/m1/s1. The average Bonchev–Trinajstić information content (AvgIpc) is 2.63. The van der Waals surface area contributed by atoms with E-state index in [4.69, 9.17) is 16.0 Å². The van der Waals surface area contributed by atoms with Crippen LogP contribution in [-0.4, -0.2) is 44.1 Å². The molecule has 0 aliphatic carbocycles. The highest BCUT2D eigenvalue weighted by molar-refractivity contribution is 5.24. The number of rotatable bonds is 3. The lowest BCUT2D eigenvalue weighted by Gasteiger charge is -2.27. The molecule has 0 bridgehead atoms. The third-order valence-corrected chi connectivity index (χ3v) is 3.30. The van der Waals surface area contributed by atoms with Crippen LogP contribution in [0.4, 0.5) is 5.82 Å². The first-order valence-corrected chi connectivity index (χ1v) is 5.79. The SMILES string of the molecule is C[C@@]1(N=[N+]=[N-])[C@H](O)[C@@H](CO)O[C@H]1n1ccc(N)nc1=O. The molecule has 0 amide bonds. The van der Waals surface area contributed by atoms with Gasteiger partial charge in [0.1, 0.15) is 17.5 Å². The molecule has 0 aromatic carbocycles. The highest BCUT2D eigenvalue weighted by Gasteiger charge is 2.53. The van der Waals surface area contributed by atoms with E-state index < -0.39 is 36.3 Å². The number of nitrogen functional groups attached to an aromatic ring is 1. The first-order valence-electron chi connectivity index (χ1n) is 5.79. The van der Waals surface area contributed by atoms with E-state index in [1.54, 1.807) is 0 Å². The fraction of sp³-hybridized carbons (Fsp3) is 0.600. The van der Waals surface area contributed by atoms with Crippen LogP contribution in [-0.2, 0) is 4.74 Å². The molecule has 2 rings (SSSR count). The topological polar surface area (TPSA) is 159 Å². The molecule has 0 radical (unpaired) electrons. The van der Waals surface area contributed by atoms with Gasteiger partial charge in [-0.3, -0.25) is 4.57 Å². The Hall–Kier alpha value is -2.13. The summed E-state index contributed by atoms with van der Waals surface area (Å²) in [5.74, 6) is 0.0361.